The van der Waals surface area contributed by atoms with E-state index in [1.54, 1.807) is 6.07 Å². The van der Waals surface area contributed by atoms with E-state index in [1.165, 1.54) is 4.90 Å². The second-order valence-electron chi connectivity index (χ2n) is 6.83. The Kier molecular flexibility index (Phi) is 7.23. The van der Waals surface area contributed by atoms with Gasteiger partial charge in [0.1, 0.15) is 11.9 Å². The largest absolute Gasteiger partial charge is 0.449 e. The van der Waals surface area contributed by atoms with Gasteiger partial charge < -0.3 is 15.2 Å². The Morgan fingerprint density at radius 3 is 2.45 bits per heavy atom. The number of nitrogens with two attached hydrogens (primary N) is 1. The third-order valence-electron chi connectivity index (χ3n) is 4.73. The van der Waals surface area contributed by atoms with Gasteiger partial charge >= 0.3 is 6.18 Å². The molecule has 0 fully saturated rings. The van der Waals surface area contributed by atoms with Crippen LogP contribution in [0.1, 0.15) is 29.2 Å². The third-order valence-corrected chi connectivity index (χ3v) is 4.73. The molecule has 2 heterocycles. The number of rotatable bonds is 4. The topological polar surface area (TPSA) is 87.9 Å². The highest BCUT2D eigenvalue weighted by Crippen LogP contribution is 2.32. The molecular weight excluding hydrogens is 452 g/mol. The summed E-state index contributed by atoms with van der Waals surface area (Å²) in [5.74, 6) is -5.34. The predicted octanol–water partition coefficient (Wildman–Crippen LogP) is 2.91. The van der Waals surface area contributed by atoms with Crippen molar-refractivity contribution >= 4 is 18.3 Å². The Bertz CT molecular complexity index is 1030. The molecule has 3 rings (SSSR count). The van der Waals surface area contributed by atoms with E-state index in [9.17, 15) is 31.1 Å². The summed E-state index contributed by atoms with van der Waals surface area (Å²) in [5, 5.41) is 9.07. The lowest BCUT2D eigenvalue weighted by atomic mass is 10.0. The molecular formula is C18H16ClF6N5O. The molecule has 1 atom stereocenters. The molecule has 0 saturated carbocycles. The first-order valence-electron chi connectivity index (χ1n) is 8.74. The van der Waals surface area contributed by atoms with Gasteiger partial charge in [0.25, 0.3) is 0 Å². The second-order valence-corrected chi connectivity index (χ2v) is 6.83. The van der Waals surface area contributed by atoms with Crippen molar-refractivity contribution in [2.24, 2.45) is 5.73 Å². The first kappa shape index (κ1) is 24.5. The van der Waals surface area contributed by atoms with Gasteiger partial charge in [-0.25, -0.2) is 18.2 Å². The minimum atomic E-state index is -4.74. The smallest absolute Gasteiger partial charge is 0.335 e. The lowest BCUT2D eigenvalue weighted by Gasteiger charge is -2.30. The van der Waals surface area contributed by atoms with Crippen molar-refractivity contribution in [1.82, 2.24) is 14.5 Å². The molecule has 31 heavy (non-hydrogen) atoms. The molecule has 0 spiro atoms. The van der Waals surface area contributed by atoms with Crippen LogP contribution in [-0.4, -0.2) is 32.9 Å². The van der Waals surface area contributed by atoms with Crippen molar-refractivity contribution in [2.75, 3.05) is 6.54 Å². The molecule has 1 aliphatic rings. The Balaban J connectivity index is 0.00000341. The van der Waals surface area contributed by atoms with Crippen LogP contribution in [0, 0.1) is 28.8 Å². The van der Waals surface area contributed by atoms with Gasteiger partial charge in [0.2, 0.25) is 11.7 Å². The van der Waals surface area contributed by atoms with E-state index < -0.39 is 47.1 Å². The fourth-order valence-corrected chi connectivity index (χ4v) is 3.32. The van der Waals surface area contributed by atoms with Crippen molar-refractivity contribution in [3.05, 3.63) is 52.4 Å². The second kappa shape index (κ2) is 9.15. The number of amides is 1. The Morgan fingerprint density at radius 1 is 1.19 bits per heavy atom. The van der Waals surface area contributed by atoms with Crippen molar-refractivity contribution in [2.45, 2.75) is 38.1 Å². The van der Waals surface area contributed by atoms with E-state index in [2.05, 4.69) is 4.98 Å². The molecule has 0 aliphatic carbocycles. The minimum absolute atomic E-state index is 0. The lowest BCUT2D eigenvalue weighted by Crippen LogP contribution is -2.42. The number of aromatic nitrogens is 2. The molecule has 1 aliphatic heterocycles. The van der Waals surface area contributed by atoms with Gasteiger partial charge in [-0.15, -0.1) is 12.4 Å². The number of halogens is 7. The Morgan fingerprint density at radius 2 is 1.84 bits per heavy atom. The molecule has 2 N–H and O–H groups in total. The molecule has 2 aromatic rings. The van der Waals surface area contributed by atoms with Crippen molar-refractivity contribution in [1.29, 1.82) is 5.26 Å². The van der Waals surface area contributed by atoms with Crippen LogP contribution in [-0.2, 0) is 30.5 Å². The maximum absolute atomic E-state index is 13.7. The fraction of sp³-hybridized carbons (Fsp3) is 0.389. The summed E-state index contributed by atoms with van der Waals surface area (Å²) in [5.41, 5.74) is 5.17. The zero-order valence-corrected chi connectivity index (χ0v) is 16.5. The number of benzene rings is 1. The van der Waals surface area contributed by atoms with E-state index in [0.29, 0.717) is 12.1 Å². The minimum Gasteiger partial charge on any atom is -0.335 e. The summed E-state index contributed by atoms with van der Waals surface area (Å²) in [6, 6.07) is 1.69. The number of carbonyl (C=O) groups is 1. The van der Waals surface area contributed by atoms with Crippen molar-refractivity contribution in [3.63, 3.8) is 0 Å². The van der Waals surface area contributed by atoms with E-state index in [1.807, 2.05) is 0 Å². The molecule has 0 radical (unpaired) electrons. The van der Waals surface area contributed by atoms with E-state index in [-0.39, 0.29) is 56.1 Å². The molecule has 1 aromatic heterocycles. The molecule has 13 heteroatoms. The number of carbonyl (C=O) groups excluding carboxylic acids is 1. The SMILES string of the molecule is Cl.N#Cc1nc(C(F)(F)F)n2c1CN(C(=O)CC(N)Cc1cc(F)c(F)cc1F)CC2. The highest BCUT2D eigenvalue weighted by molar-refractivity contribution is 5.85. The lowest BCUT2D eigenvalue weighted by molar-refractivity contribution is -0.148. The Hall–Kier alpha value is -2.78. The molecule has 1 aromatic carbocycles. The third kappa shape index (κ3) is 5.11. The summed E-state index contributed by atoms with van der Waals surface area (Å²) >= 11 is 0. The van der Waals surface area contributed by atoms with Crippen molar-refractivity contribution < 1.29 is 31.1 Å². The maximum Gasteiger partial charge on any atom is 0.449 e. The zero-order valence-electron chi connectivity index (χ0n) is 15.7. The van der Waals surface area contributed by atoms with Crippen LogP contribution in [0.5, 0.6) is 0 Å². The molecule has 0 bridgehead atoms. The monoisotopic (exact) mass is 467 g/mol. The molecule has 168 valence electrons. The number of nitrogens with zero attached hydrogens (tertiary/aromatic N) is 4. The van der Waals surface area contributed by atoms with Gasteiger partial charge in [-0.1, -0.05) is 0 Å². The van der Waals surface area contributed by atoms with Crippen LogP contribution in [0.3, 0.4) is 0 Å². The van der Waals surface area contributed by atoms with Crippen LogP contribution in [0.4, 0.5) is 26.3 Å². The van der Waals surface area contributed by atoms with Gasteiger partial charge in [-0.3, -0.25) is 4.79 Å². The van der Waals surface area contributed by atoms with Crippen molar-refractivity contribution in [3.8, 4) is 6.07 Å². The summed E-state index contributed by atoms with van der Waals surface area (Å²) < 4.78 is 80.1. The van der Waals surface area contributed by atoms with Crippen LogP contribution in [0.25, 0.3) is 0 Å². The normalized spacial score (nSPS) is 14.5. The van der Waals surface area contributed by atoms with Gasteiger partial charge in [0.05, 0.1) is 12.2 Å². The first-order chi connectivity index (χ1) is 14.0. The summed E-state index contributed by atoms with van der Waals surface area (Å²) in [4.78, 5) is 17.0. The Labute approximate surface area is 178 Å². The average molecular weight is 468 g/mol. The number of hydrogen-bond acceptors (Lipinski definition) is 4. The van der Waals surface area contributed by atoms with Crippen LogP contribution < -0.4 is 5.73 Å². The highest BCUT2D eigenvalue weighted by Gasteiger charge is 2.40. The number of alkyl halides is 3. The summed E-state index contributed by atoms with van der Waals surface area (Å²) in [6.07, 6.45) is -5.30. The number of fused-ring (bicyclic) bond motifs is 1. The highest BCUT2D eigenvalue weighted by atomic mass is 35.5. The van der Waals surface area contributed by atoms with Crippen LogP contribution in [0.15, 0.2) is 12.1 Å². The first-order valence-corrected chi connectivity index (χ1v) is 8.74. The predicted molar refractivity (Wildman–Crippen MR) is 97.2 cm³/mol. The van der Waals surface area contributed by atoms with Gasteiger partial charge in [-0.05, 0) is 18.1 Å². The van der Waals surface area contributed by atoms with E-state index in [0.717, 1.165) is 4.57 Å². The van der Waals surface area contributed by atoms with Crippen LogP contribution >= 0.6 is 12.4 Å². The van der Waals surface area contributed by atoms with Gasteiger partial charge in [0.15, 0.2) is 17.3 Å². The number of imidazole rings is 1. The average Bonchev–Trinajstić information content (AvgIpc) is 3.04. The zero-order chi connectivity index (χ0) is 22.2. The molecule has 6 nitrogen and oxygen atoms in total. The quantitative estimate of drug-likeness (QED) is 0.553. The standard InChI is InChI=1S/C18H15F6N5O.ClH/c19-11-6-13(21)12(20)4-9(11)3-10(26)5-16(30)28-1-2-29-15(8-28)14(7-25)27-17(29)18(22,23)24;/h4,6,10H,1-3,5,8,26H2;1H. The molecule has 1 amide bonds. The van der Waals surface area contributed by atoms with Crippen LogP contribution in [0.2, 0.25) is 0 Å². The molecule has 1 unspecified atom stereocenters. The fourth-order valence-electron chi connectivity index (χ4n) is 3.32. The van der Waals surface area contributed by atoms with Gasteiger partial charge in [-0.2, -0.15) is 18.4 Å². The number of nitriles is 1. The summed E-state index contributed by atoms with van der Waals surface area (Å²) in [7, 11) is 0. The molecule has 0 saturated heterocycles. The maximum atomic E-state index is 13.7. The van der Waals surface area contributed by atoms with E-state index >= 15 is 0 Å². The number of hydrogen-bond donors (Lipinski definition) is 1. The van der Waals surface area contributed by atoms with E-state index in [4.69, 9.17) is 11.0 Å². The summed E-state index contributed by atoms with van der Waals surface area (Å²) in [6.45, 7) is -0.545. The van der Waals surface area contributed by atoms with Gasteiger partial charge in [0, 0.05) is 31.6 Å².